The van der Waals surface area contributed by atoms with E-state index in [-0.39, 0.29) is 24.8 Å². The van der Waals surface area contributed by atoms with E-state index in [4.69, 9.17) is 4.74 Å². The van der Waals surface area contributed by atoms with Crippen LogP contribution < -0.4 is 10.1 Å². The summed E-state index contributed by atoms with van der Waals surface area (Å²) in [5.41, 5.74) is 2.66. The van der Waals surface area contributed by atoms with Gasteiger partial charge in [-0.2, -0.15) is 4.98 Å². The molecule has 14 heteroatoms. The number of amides is 1. The number of methoxy groups -OCH3 is 1. The van der Waals surface area contributed by atoms with Gasteiger partial charge in [-0.15, -0.1) is 10.2 Å². The van der Waals surface area contributed by atoms with Gasteiger partial charge in [0.2, 0.25) is 17.7 Å². The van der Waals surface area contributed by atoms with Crippen molar-refractivity contribution in [3.8, 4) is 17.0 Å². The van der Waals surface area contributed by atoms with E-state index in [1.54, 1.807) is 30.5 Å². The fraction of sp³-hybridized carbons (Fsp3) is 0.435. The lowest BCUT2D eigenvalue weighted by Crippen LogP contribution is -2.55. The number of likely N-dealkylation sites (tertiary alicyclic amines) is 1. The molecule has 1 amide bonds. The number of halogens is 4. The summed E-state index contributed by atoms with van der Waals surface area (Å²) in [4.78, 5) is 16.9. The summed E-state index contributed by atoms with van der Waals surface area (Å²) in [5.74, 6) is -3.51. The number of piperidine rings is 1. The molecule has 1 aromatic carbocycles. The average Bonchev–Trinajstić information content (AvgIpc) is 3.47. The van der Waals surface area contributed by atoms with Gasteiger partial charge in [0.25, 0.3) is 12.3 Å². The maximum Gasteiger partial charge on any atom is 0.285 e. The molecule has 2 atom stereocenters. The van der Waals surface area contributed by atoms with Gasteiger partial charge >= 0.3 is 0 Å². The fourth-order valence-corrected chi connectivity index (χ4v) is 4.48. The molecule has 0 bridgehead atoms. The highest BCUT2D eigenvalue weighted by Crippen LogP contribution is 2.35. The third-order valence-electron chi connectivity index (χ3n) is 6.55. The Kier molecular flexibility index (Phi) is 6.12. The second-order valence-electron chi connectivity index (χ2n) is 8.97. The minimum absolute atomic E-state index is 0.0198. The van der Waals surface area contributed by atoms with Crippen LogP contribution in [0.3, 0.4) is 0 Å². The van der Waals surface area contributed by atoms with Gasteiger partial charge in [0.05, 0.1) is 25.2 Å². The second kappa shape index (κ2) is 9.16. The van der Waals surface area contributed by atoms with Crippen LogP contribution in [-0.4, -0.2) is 79.0 Å². The molecule has 37 heavy (non-hydrogen) atoms. The van der Waals surface area contributed by atoms with Crippen molar-refractivity contribution in [2.75, 3.05) is 25.5 Å². The Hall–Kier alpha value is -3.97. The average molecular weight is 520 g/mol. The van der Waals surface area contributed by atoms with E-state index in [0.717, 1.165) is 4.90 Å². The van der Waals surface area contributed by atoms with Crippen molar-refractivity contribution in [3.63, 3.8) is 0 Å². The van der Waals surface area contributed by atoms with Gasteiger partial charge in [-0.05, 0) is 37.1 Å². The molecule has 1 aliphatic rings. The fourth-order valence-electron chi connectivity index (χ4n) is 4.48. The quantitative estimate of drug-likeness (QED) is 0.387. The number of nitrogens with zero attached hydrogens (tertiary/aromatic N) is 7. The molecule has 1 N–H and O–H groups in total. The SMILES string of the molecule is COc1nc(N[C@@H]2CCN(C(C)=O)CC2(F)F)nn2ccc(-c3ccc4nnn([C@@H](C)C(F)F)c4c3)c12. The maximum absolute atomic E-state index is 14.7. The van der Waals surface area contributed by atoms with Gasteiger partial charge in [-0.25, -0.2) is 26.8 Å². The number of hydrogen-bond acceptors (Lipinski definition) is 7. The van der Waals surface area contributed by atoms with Gasteiger partial charge in [0, 0.05) is 25.2 Å². The predicted octanol–water partition coefficient (Wildman–Crippen LogP) is 3.64. The maximum atomic E-state index is 14.7. The summed E-state index contributed by atoms with van der Waals surface area (Å²) >= 11 is 0. The minimum atomic E-state index is -3.18. The number of rotatable bonds is 6. The highest BCUT2D eigenvalue weighted by Gasteiger charge is 2.45. The molecular formula is C23H24F4N8O2. The van der Waals surface area contributed by atoms with Gasteiger partial charge < -0.3 is 15.0 Å². The van der Waals surface area contributed by atoms with E-state index < -0.39 is 36.9 Å². The highest BCUT2D eigenvalue weighted by molar-refractivity contribution is 5.89. The number of benzene rings is 1. The van der Waals surface area contributed by atoms with Crippen molar-refractivity contribution in [1.29, 1.82) is 0 Å². The van der Waals surface area contributed by atoms with Crippen LogP contribution in [0.2, 0.25) is 0 Å². The summed E-state index contributed by atoms with van der Waals surface area (Å²) < 4.78 is 64.2. The normalized spacial score (nSPS) is 18.5. The number of anilines is 1. The lowest BCUT2D eigenvalue weighted by atomic mass is 10.0. The van der Waals surface area contributed by atoms with Gasteiger partial charge in [-0.1, -0.05) is 11.3 Å². The topological polar surface area (TPSA) is 102 Å². The molecule has 1 saturated heterocycles. The Morgan fingerprint density at radius 2 is 2.05 bits per heavy atom. The molecule has 0 saturated carbocycles. The van der Waals surface area contributed by atoms with Crippen LogP contribution in [0.1, 0.15) is 26.3 Å². The van der Waals surface area contributed by atoms with Gasteiger partial charge in [-0.3, -0.25) is 4.79 Å². The van der Waals surface area contributed by atoms with Crippen molar-refractivity contribution in [1.82, 2.24) is 34.5 Å². The zero-order valence-corrected chi connectivity index (χ0v) is 20.2. The molecule has 1 fully saturated rings. The van der Waals surface area contributed by atoms with Crippen LogP contribution >= 0.6 is 0 Å². The molecule has 0 radical (unpaired) electrons. The number of carbonyl (C=O) groups is 1. The van der Waals surface area contributed by atoms with Crippen LogP contribution in [-0.2, 0) is 4.79 Å². The van der Waals surface area contributed by atoms with Crippen LogP contribution in [0, 0.1) is 0 Å². The minimum Gasteiger partial charge on any atom is -0.479 e. The highest BCUT2D eigenvalue weighted by atomic mass is 19.3. The summed E-state index contributed by atoms with van der Waals surface area (Å²) in [6.45, 7) is 2.12. The standard InChI is InChI=1S/C23H24F4N8O2/c1-12(20(24)25)35-17-10-14(4-5-16(17)30-32-35)15-6-9-34-19(15)21(37-3)29-22(31-34)28-18-7-8-33(13(2)36)11-23(18,26)27/h4-6,9-10,12,18,20H,7-8,11H2,1-3H3,(H,28,31)/t12-,18+/m0/s1. The number of carbonyl (C=O) groups excluding carboxylic acids is 1. The molecule has 4 aromatic rings. The third kappa shape index (κ3) is 4.40. The summed E-state index contributed by atoms with van der Waals surface area (Å²) in [7, 11) is 1.40. The number of alkyl halides is 4. The van der Waals surface area contributed by atoms with Crippen LogP contribution in [0.5, 0.6) is 5.88 Å². The van der Waals surface area contributed by atoms with Crippen molar-refractivity contribution in [3.05, 3.63) is 30.5 Å². The Balaban J connectivity index is 1.49. The van der Waals surface area contributed by atoms with Crippen molar-refractivity contribution >= 4 is 28.4 Å². The lowest BCUT2D eigenvalue weighted by molar-refractivity contribution is -0.140. The Bertz CT molecular complexity index is 1470. The molecule has 196 valence electrons. The summed E-state index contributed by atoms with van der Waals surface area (Å²) in [6.07, 6.45) is -0.977. The zero-order valence-electron chi connectivity index (χ0n) is 20.2. The zero-order chi connectivity index (χ0) is 26.5. The summed E-state index contributed by atoms with van der Waals surface area (Å²) in [5, 5.41) is 14.9. The molecule has 0 spiro atoms. The Morgan fingerprint density at radius 3 is 2.73 bits per heavy atom. The Labute approximate surface area is 208 Å². The first-order valence-corrected chi connectivity index (χ1v) is 11.6. The van der Waals surface area contributed by atoms with Gasteiger partial charge in [0.15, 0.2) is 0 Å². The van der Waals surface area contributed by atoms with Crippen molar-refractivity contribution < 1.29 is 27.1 Å². The number of nitrogens with one attached hydrogen (secondary N) is 1. The van der Waals surface area contributed by atoms with E-state index in [0.29, 0.717) is 27.7 Å². The Morgan fingerprint density at radius 1 is 1.27 bits per heavy atom. The molecular weight excluding hydrogens is 496 g/mol. The molecule has 3 aromatic heterocycles. The molecule has 10 nitrogen and oxygen atoms in total. The number of ether oxygens (including phenoxy) is 1. The smallest absolute Gasteiger partial charge is 0.285 e. The number of fused-ring (bicyclic) bond motifs is 2. The van der Waals surface area contributed by atoms with Gasteiger partial charge in [0.1, 0.15) is 17.1 Å². The molecule has 1 aliphatic heterocycles. The number of hydrogen-bond donors (Lipinski definition) is 1. The third-order valence-corrected chi connectivity index (χ3v) is 6.55. The predicted molar refractivity (Wildman–Crippen MR) is 126 cm³/mol. The van der Waals surface area contributed by atoms with E-state index in [1.807, 2.05) is 0 Å². The molecule has 0 unspecified atom stereocenters. The number of aromatic nitrogens is 6. The lowest BCUT2D eigenvalue weighted by Gasteiger charge is -2.38. The van der Waals surface area contributed by atoms with Crippen LogP contribution in [0.15, 0.2) is 30.5 Å². The second-order valence-corrected chi connectivity index (χ2v) is 8.97. The van der Waals surface area contributed by atoms with Crippen LogP contribution in [0.25, 0.3) is 27.7 Å². The molecule has 0 aliphatic carbocycles. The first kappa shape index (κ1) is 24.7. The largest absolute Gasteiger partial charge is 0.479 e. The molecule has 5 rings (SSSR count). The van der Waals surface area contributed by atoms with E-state index in [9.17, 15) is 22.4 Å². The van der Waals surface area contributed by atoms with E-state index >= 15 is 0 Å². The van der Waals surface area contributed by atoms with Crippen molar-refractivity contribution in [2.24, 2.45) is 0 Å². The van der Waals surface area contributed by atoms with E-state index in [2.05, 4.69) is 25.7 Å². The first-order valence-electron chi connectivity index (χ1n) is 11.6. The van der Waals surface area contributed by atoms with Crippen molar-refractivity contribution in [2.45, 2.75) is 44.7 Å². The monoisotopic (exact) mass is 520 g/mol. The van der Waals surface area contributed by atoms with E-state index in [1.165, 1.54) is 30.2 Å². The molecule has 4 heterocycles. The summed E-state index contributed by atoms with van der Waals surface area (Å²) in [6, 6.07) is 4.43. The van der Waals surface area contributed by atoms with Crippen LogP contribution in [0.4, 0.5) is 23.5 Å². The first-order chi connectivity index (χ1) is 17.6.